The Bertz CT molecular complexity index is 1040. The Hall–Kier alpha value is -2.51. The third-order valence-corrected chi connectivity index (χ3v) is 6.77. The lowest BCUT2D eigenvalue weighted by Gasteiger charge is -2.71. The van der Waals surface area contributed by atoms with Crippen LogP contribution in [0.5, 0.6) is 0 Å². The summed E-state index contributed by atoms with van der Waals surface area (Å²) in [5.41, 5.74) is 0.827. The smallest absolute Gasteiger partial charge is 0.252 e. The lowest BCUT2D eigenvalue weighted by Crippen LogP contribution is -2.78. The van der Waals surface area contributed by atoms with Gasteiger partial charge in [-0.2, -0.15) is 0 Å². The maximum Gasteiger partial charge on any atom is 0.252 e. The number of carbonyl (C=O) groups is 2. The van der Waals surface area contributed by atoms with Crippen molar-refractivity contribution >= 4 is 29.2 Å². The van der Waals surface area contributed by atoms with Gasteiger partial charge in [0.05, 0.1) is 10.6 Å². The monoisotopic (exact) mass is 429 g/mol. The van der Waals surface area contributed by atoms with Gasteiger partial charge >= 0.3 is 0 Å². The number of hydrogen-bond acceptors (Lipinski definition) is 4. The van der Waals surface area contributed by atoms with Crippen LogP contribution in [0.15, 0.2) is 36.5 Å². The van der Waals surface area contributed by atoms with E-state index in [0.29, 0.717) is 25.8 Å². The number of benzene rings is 1. The second kappa shape index (κ2) is 6.49. The molecule has 30 heavy (non-hydrogen) atoms. The summed E-state index contributed by atoms with van der Waals surface area (Å²) >= 11 is 5.79. The molecular formula is C22H21ClFN3O3. The molecule has 0 spiro atoms. The Balaban J connectivity index is 1.50. The minimum Gasteiger partial charge on any atom is -0.390 e. The van der Waals surface area contributed by atoms with Crippen molar-refractivity contribution in [1.82, 2.24) is 9.88 Å². The zero-order valence-corrected chi connectivity index (χ0v) is 17.2. The molecule has 2 amide bonds. The number of amides is 2. The van der Waals surface area contributed by atoms with Gasteiger partial charge in [-0.1, -0.05) is 41.4 Å². The number of anilines is 1. The molecule has 1 atom stereocenters. The van der Waals surface area contributed by atoms with Crippen molar-refractivity contribution in [2.24, 2.45) is 5.41 Å². The normalized spacial score (nSPS) is 30.2. The quantitative estimate of drug-likeness (QED) is 0.811. The summed E-state index contributed by atoms with van der Waals surface area (Å²) in [7, 11) is 0. The summed E-state index contributed by atoms with van der Waals surface area (Å²) in [5.74, 6) is -1.57. The second-order valence-electron chi connectivity index (χ2n) is 8.91. The maximum atomic E-state index is 14.5. The van der Waals surface area contributed by atoms with E-state index in [9.17, 15) is 19.1 Å². The summed E-state index contributed by atoms with van der Waals surface area (Å²) < 4.78 is 14.5. The predicted molar refractivity (Wildman–Crippen MR) is 108 cm³/mol. The van der Waals surface area contributed by atoms with Crippen molar-refractivity contribution in [3.8, 4) is 0 Å². The van der Waals surface area contributed by atoms with Gasteiger partial charge in [0.1, 0.15) is 12.6 Å². The number of carbonyl (C=O) groups excluding carboxylic acids is 2. The highest BCUT2D eigenvalue weighted by molar-refractivity contribution is 6.30. The van der Waals surface area contributed by atoms with Gasteiger partial charge in [0.2, 0.25) is 5.91 Å². The van der Waals surface area contributed by atoms with Crippen LogP contribution < -0.4 is 4.90 Å². The van der Waals surface area contributed by atoms with Gasteiger partial charge in [0.15, 0.2) is 11.6 Å². The van der Waals surface area contributed by atoms with E-state index in [1.54, 1.807) is 4.90 Å². The van der Waals surface area contributed by atoms with E-state index < -0.39 is 22.9 Å². The minimum atomic E-state index is -0.758. The third kappa shape index (κ3) is 2.91. The summed E-state index contributed by atoms with van der Waals surface area (Å²) in [4.78, 5) is 33.4. The van der Waals surface area contributed by atoms with Crippen LogP contribution in [-0.4, -0.2) is 45.0 Å². The molecule has 4 aliphatic rings. The molecule has 1 aromatic heterocycles. The van der Waals surface area contributed by atoms with E-state index >= 15 is 0 Å². The average Bonchev–Trinajstić information content (AvgIpc) is 2.64. The maximum absolute atomic E-state index is 14.5. The van der Waals surface area contributed by atoms with Gasteiger partial charge in [-0.25, -0.2) is 9.37 Å². The SMILES string of the molecule is Cc1ccc(CN2C(=O)CN(c3ncc(Cl)cc3F)C(=O)[C@@H]2C23CC(O)(C2)C3)cc1. The number of halogens is 2. The van der Waals surface area contributed by atoms with Crippen molar-refractivity contribution in [2.75, 3.05) is 11.4 Å². The predicted octanol–water partition coefficient (Wildman–Crippen LogP) is 2.84. The Morgan fingerprint density at radius 2 is 1.90 bits per heavy atom. The molecule has 2 aromatic rings. The first-order valence-electron chi connectivity index (χ1n) is 9.90. The first kappa shape index (κ1) is 19.5. The number of aryl methyl sites for hydroxylation is 1. The number of rotatable bonds is 4. The molecule has 8 heteroatoms. The lowest BCUT2D eigenvalue weighted by molar-refractivity contribution is -0.280. The van der Waals surface area contributed by atoms with Crippen LogP contribution in [-0.2, 0) is 16.1 Å². The fourth-order valence-electron chi connectivity index (χ4n) is 5.28. The van der Waals surface area contributed by atoms with E-state index in [4.69, 9.17) is 11.6 Å². The van der Waals surface area contributed by atoms with E-state index in [2.05, 4.69) is 4.98 Å². The Morgan fingerprint density at radius 1 is 1.23 bits per heavy atom. The van der Waals surface area contributed by atoms with Crippen LogP contribution in [0, 0.1) is 18.2 Å². The molecule has 6 rings (SSSR count). The topological polar surface area (TPSA) is 73.7 Å². The van der Waals surface area contributed by atoms with E-state index in [1.165, 1.54) is 6.20 Å². The van der Waals surface area contributed by atoms with Crippen molar-refractivity contribution in [3.63, 3.8) is 0 Å². The number of hydrogen-bond donors (Lipinski definition) is 1. The van der Waals surface area contributed by atoms with Crippen LogP contribution in [0.3, 0.4) is 0 Å². The van der Waals surface area contributed by atoms with Crippen molar-refractivity contribution in [1.29, 1.82) is 0 Å². The number of aromatic nitrogens is 1. The van der Waals surface area contributed by atoms with Crippen LogP contribution in [0.1, 0.15) is 30.4 Å². The minimum absolute atomic E-state index is 0.117. The average molecular weight is 430 g/mol. The van der Waals surface area contributed by atoms with Crippen molar-refractivity contribution in [3.05, 3.63) is 58.5 Å². The molecule has 1 N–H and O–H groups in total. The van der Waals surface area contributed by atoms with Gasteiger partial charge in [0.25, 0.3) is 5.91 Å². The first-order valence-corrected chi connectivity index (χ1v) is 10.3. The second-order valence-corrected chi connectivity index (χ2v) is 9.35. The number of nitrogens with zero attached hydrogens (tertiary/aromatic N) is 3. The molecule has 6 nitrogen and oxygen atoms in total. The zero-order valence-electron chi connectivity index (χ0n) is 16.4. The molecule has 2 bridgehead atoms. The largest absolute Gasteiger partial charge is 0.390 e. The molecule has 4 fully saturated rings. The van der Waals surface area contributed by atoms with Crippen molar-refractivity contribution < 1.29 is 19.1 Å². The molecule has 156 valence electrons. The van der Waals surface area contributed by atoms with E-state index in [0.717, 1.165) is 22.1 Å². The highest BCUT2D eigenvalue weighted by Crippen LogP contribution is 2.70. The molecular weight excluding hydrogens is 409 g/mol. The lowest BCUT2D eigenvalue weighted by atomic mass is 9.38. The first-order chi connectivity index (χ1) is 14.2. The Morgan fingerprint density at radius 3 is 2.50 bits per heavy atom. The number of pyridine rings is 1. The molecule has 1 aromatic carbocycles. The van der Waals surface area contributed by atoms with Crippen LogP contribution >= 0.6 is 11.6 Å². The summed E-state index contributed by atoms with van der Waals surface area (Å²) in [6.07, 6.45) is 2.67. The van der Waals surface area contributed by atoms with E-state index in [1.807, 2.05) is 31.2 Å². The van der Waals surface area contributed by atoms with Crippen molar-refractivity contribution in [2.45, 2.75) is 44.4 Å². The summed E-state index contributed by atoms with van der Waals surface area (Å²) in [6.45, 7) is 1.99. The van der Waals surface area contributed by atoms with E-state index in [-0.39, 0.29) is 29.2 Å². The number of aliphatic hydroxyl groups is 1. The van der Waals surface area contributed by atoms with Gasteiger partial charge in [0, 0.05) is 18.2 Å². The molecule has 3 aliphatic carbocycles. The summed E-state index contributed by atoms with van der Waals surface area (Å²) in [5, 5.41) is 10.4. The third-order valence-electron chi connectivity index (χ3n) is 6.57. The molecule has 1 aliphatic heterocycles. The Kier molecular flexibility index (Phi) is 4.21. The zero-order chi connectivity index (χ0) is 21.3. The standard InChI is InChI=1S/C22H21ClFN3O3/c1-13-2-4-14(5-3-13)8-26-17(28)9-27(19-16(24)6-15(23)7-25-19)20(29)18(26)21-10-22(30,11-21)12-21/h2-7,18,30H,8-12H2,1H3/t18-,21?,22?/m1/s1. The number of piperazine rings is 1. The van der Waals surface area contributed by atoms with Crippen LogP contribution in [0.4, 0.5) is 10.2 Å². The molecule has 2 heterocycles. The summed E-state index contributed by atoms with van der Waals surface area (Å²) in [6, 6.07) is 8.12. The highest BCUT2D eigenvalue weighted by Gasteiger charge is 2.73. The van der Waals surface area contributed by atoms with Crippen LogP contribution in [0.25, 0.3) is 0 Å². The fraction of sp³-hybridized carbons (Fsp3) is 0.409. The van der Waals surface area contributed by atoms with Gasteiger partial charge in [-0.15, -0.1) is 0 Å². The molecule has 0 radical (unpaired) electrons. The molecule has 1 saturated heterocycles. The van der Waals surface area contributed by atoms with Gasteiger partial charge in [-0.3, -0.25) is 14.5 Å². The van der Waals surface area contributed by atoms with Gasteiger partial charge in [-0.05, 0) is 37.8 Å². The molecule has 3 saturated carbocycles. The fourth-order valence-corrected chi connectivity index (χ4v) is 5.42. The molecule has 0 unspecified atom stereocenters. The highest BCUT2D eigenvalue weighted by atomic mass is 35.5. The van der Waals surface area contributed by atoms with Crippen LogP contribution in [0.2, 0.25) is 5.02 Å². The Labute approximate surface area is 178 Å². The van der Waals surface area contributed by atoms with Gasteiger partial charge < -0.3 is 10.0 Å².